The zero-order chi connectivity index (χ0) is 15.8. The van der Waals surface area contributed by atoms with E-state index in [4.69, 9.17) is 0 Å². The quantitative estimate of drug-likeness (QED) is 0.559. The Morgan fingerprint density at radius 3 is 2.62 bits per heavy atom. The third-order valence-corrected chi connectivity index (χ3v) is 3.60. The maximum atomic E-state index is 11.0. The lowest BCUT2D eigenvalue weighted by Gasteiger charge is -2.20. The van der Waals surface area contributed by atoms with Gasteiger partial charge in [-0.25, -0.2) is 4.98 Å². The van der Waals surface area contributed by atoms with Crippen molar-refractivity contribution in [3.63, 3.8) is 0 Å². The summed E-state index contributed by atoms with van der Waals surface area (Å²) in [5.74, 6) is 0.371. The highest BCUT2D eigenvalue weighted by molar-refractivity contribution is 5.56. The Bertz CT molecular complexity index is 461. The lowest BCUT2D eigenvalue weighted by atomic mass is 10.1. The predicted octanol–water partition coefficient (Wildman–Crippen LogP) is 3.22. The van der Waals surface area contributed by atoms with Crippen LogP contribution in [0.4, 0.5) is 11.5 Å². The molecule has 0 bridgehead atoms. The Morgan fingerprint density at radius 1 is 1.38 bits per heavy atom. The fourth-order valence-corrected chi connectivity index (χ4v) is 2.27. The largest absolute Gasteiger partial charge is 0.362 e. The van der Waals surface area contributed by atoms with Crippen molar-refractivity contribution in [1.82, 2.24) is 9.88 Å². The van der Waals surface area contributed by atoms with E-state index in [0.29, 0.717) is 5.82 Å². The minimum absolute atomic E-state index is 0.0381. The van der Waals surface area contributed by atoms with Crippen molar-refractivity contribution in [2.75, 3.05) is 25.0 Å². The first kappa shape index (κ1) is 17.4. The van der Waals surface area contributed by atoms with Crippen LogP contribution >= 0.6 is 0 Å². The average Bonchev–Trinajstić information content (AvgIpc) is 2.43. The van der Waals surface area contributed by atoms with E-state index in [-0.39, 0.29) is 11.7 Å². The fraction of sp³-hybridized carbons (Fsp3) is 0.667. The predicted molar refractivity (Wildman–Crippen MR) is 85.7 cm³/mol. The molecule has 1 aromatic rings. The fourth-order valence-electron chi connectivity index (χ4n) is 2.27. The van der Waals surface area contributed by atoms with Crippen molar-refractivity contribution in [3.8, 4) is 0 Å². The standard InChI is InChI=1S/C15H26N4O2/c1-5-18(6-2)11-7-8-12(3)16-15-14(19(20)21)10-9-13(4)17-15/h9-10,12H,5-8,11H2,1-4H3,(H,16,17). The van der Waals surface area contributed by atoms with Gasteiger partial charge in [-0.1, -0.05) is 13.8 Å². The Labute approximate surface area is 126 Å². The molecule has 118 valence electrons. The molecule has 1 aromatic heterocycles. The van der Waals surface area contributed by atoms with Gasteiger partial charge in [0.25, 0.3) is 0 Å². The average molecular weight is 294 g/mol. The van der Waals surface area contributed by atoms with Gasteiger partial charge in [0.05, 0.1) is 4.92 Å². The lowest BCUT2D eigenvalue weighted by Crippen LogP contribution is -2.26. The molecule has 0 aromatic carbocycles. The number of anilines is 1. The first-order chi connectivity index (χ1) is 9.97. The molecule has 1 atom stereocenters. The van der Waals surface area contributed by atoms with Crippen LogP contribution < -0.4 is 5.32 Å². The van der Waals surface area contributed by atoms with Gasteiger partial charge in [0.15, 0.2) is 0 Å². The molecule has 1 N–H and O–H groups in total. The normalized spacial score (nSPS) is 12.4. The van der Waals surface area contributed by atoms with Crippen molar-refractivity contribution in [1.29, 1.82) is 0 Å². The van der Waals surface area contributed by atoms with Crippen LogP contribution in [0.15, 0.2) is 12.1 Å². The summed E-state index contributed by atoms with van der Waals surface area (Å²) < 4.78 is 0. The topological polar surface area (TPSA) is 71.3 Å². The summed E-state index contributed by atoms with van der Waals surface area (Å²) in [6.45, 7) is 11.4. The number of aryl methyl sites for hydroxylation is 1. The maximum Gasteiger partial charge on any atom is 0.311 e. The second-order valence-corrected chi connectivity index (χ2v) is 5.29. The van der Waals surface area contributed by atoms with Crippen molar-refractivity contribution in [2.24, 2.45) is 0 Å². The Morgan fingerprint density at radius 2 is 2.05 bits per heavy atom. The summed E-state index contributed by atoms with van der Waals surface area (Å²) in [7, 11) is 0. The number of hydrogen-bond acceptors (Lipinski definition) is 5. The van der Waals surface area contributed by atoms with Crippen LogP contribution in [0.5, 0.6) is 0 Å². The van der Waals surface area contributed by atoms with Crippen molar-refractivity contribution >= 4 is 11.5 Å². The van der Waals surface area contributed by atoms with Crippen molar-refractivity contribution < 1.29 is 4.92 Å². The molecule has 1 rings (SSSR count). The van der Waals surface area contributed by atoms with Crippen LogP contribution in [0.1, 0.15) is 39.3 Å². The number of aromatic nitrogens is 1. The van der Waals surface area contributed by atoms with E-state index in [1.807, 2.05) is 13.8 Å². The molecule has 21 heavy (non-hydrogen) atoms. The highest BCUT2D eigenvalue weighted by Gasteiger charge is 2.16. The van der Waals surface area contributed by atoms with E-state index >= 15 is 0 Å². The molecule has 1 unspecified atom stereocenters. The summed E-state index contributed by atoms with van der Waals surface area (Å²) in [6.07, 6.45) is 2.03. The zero-order valence-corrected chi connectivity index (χ0v) is 13.4. The highest BCUT2D eigenvalue weighted by Crippen LogP contribution is 2.23. The van der Waals surface area contributed by atoms with E-state index in [0.717, 1.165) is 38.2 Å². The monoisotopic (exact) mass is 294 g/mol. The van der Waals surface area contributed by atoms with E-state index in [1.165, 1.54) is 6.07 Å². The van der Waals surface area contributed by atoms with Gasteiger partial charge in [-0.05, 0) is 52.4 Å². The van der Waals surface area contributed by atoms with Gasteiger partial charge < -0.3 is 10.2 Å². The molecule has 0 amide bonds. The minimum Gasteiger partial charge on any atom is -0.362 e. The molecular formula is C15H26N4O2. The SMILES string of the molecule is CCN(CC)CCCC(C)Nc1nc(C)ccc1[N+](=O)[O-]. The minimum atomic E-state index is -0.391. The number of rotatable bonds is 9. The van der Waals surface area contributed by atoms with Crippen LogP contribution in [0.25, 0.3) is 0 Å². The molecule has 6 nitrogen and oxygen atoms in total. The number of hydrogen-bond donors (Lipinski definition) is 1. The van der Waals surface area contributed by atoms with Crippen LogP contribution in [0.3, 0.4) is 0 Å². The van der Waals surface area contributed by atoms with Crippen molar-refractivity contribution in [2.45, 2.75) is 46.6 Å². The van der Waals surface area contributed by atoms with E-state index < -0.39 is 4.92 Å². The maximum absolute atomic E-state index is 11.0. The third kappa shape index (κ3) is 5.67. The molecule has 0 spiro atoms. The van der Waals surface area contributed by atoms with E-state index in [9.17, 15) is 10.1 Å². The molecule has 1 heterocycles. The molecule has 0 aliphatic carbocycles. The Balaban J connectivity index is 2.56. The molecule has 0 aliphatic heterocycles. The second kappa shape index (κ2) is 8.56. The summed E-state index contributed by atoms with van der Waals surface area (Å²) in [5, 5.41) is 14.2. The van der Waals surface area contributed by atoms with Gasteiger partial charge in [-0.3, -0.25) is 10.1 Å². The molecule has 6 heteroatoms. The molecule has 0 radical (unpaired) electrons. The highest BCUT2D eigenvalue weighted by atomic mass is 16.6. The van der Waals surface area contributed by atoms with Crippen LogP contribution in [-0.2, 0) is 0 Å². The van der Waals surface area contributed by atoms with Crippen molar-refractivity contribution in [3.05, 3.63) is 27.9 Å². The summed E-state index contributed by atoms with van der Waals surface area (Å²) in [4.78, 5) is 17.2. The molecule has 0 aliphatic rings. The van der Waals surface area contributed by atoms with Gasteiger partial charge >= 0.3 is 5.69 Å². The van der Waals surface area contributed by atoms with Gasteiger partial charge in [0.1, 0.15) is 0 Å². The Kier molecular flexibility index (Phi) is 7.08. The Hall–Kier alpha value is -1.69. The number of nitrogens with zero attached hydrogens (tertiary/aromatic N) is 3. The van der Waals surface area contributed by atoms with Crippen LogP contribution in [-0.4, -0.2) is 40.5 Å². The van der Waals surface area contributed by atoms with Gasteiger partial charge in [0.2, 0.25) is 5.82 Å². The van der Waals surface area contributed by atoms with Crippen LogP contribution in [0.2, 0.25) is 0 Å². The first-order valence-corrected chi connectivity index (χ1v) is 7.58. The number of pyridine rings is 1. The summed E-state index contributed by atoms with van der Waals surface area (Å²) in [6, 6.07) is 3.33. The number of nitrogens with one attached hydrogen (secondary N) is 1. The van der Waals surface area contributed by atoms with E-state index in [1.54, 1.807) is 6.07 Å². The zero-order valence-electron chi connectivity index (χ0n) is 13.4. The molecule has 0 saturated carbocycles. The lowest BCUT2D eigenvalue weighted by molar-refractivity contribution is -0.384. The van der Waals surface area contributed by atoms with Gasteiger partial charge in [-0.2, -0.15) is 0 Å². The smallest absolute Gasteiger partial charge is 0.311 e. The van der Waals surface area contributed by atoms with Gasteiger partial charge in [0, 0.05) is 17.8 Å². The van der Waals surface area contributed by atoms with Gasteiger partial charge in [-0.15, -0.1) is 0 Å². The first-order valence-electron chi connectivity index (χ1n) is 7.58. The molecular weight excluding hydrogens is 268 g/mol. The summed E-state index contributed by atoms with van der Waals surface area (Å²) >= 11 is 0. The second-order valence-electron chi connectivity index (χ2n) is 5.29. The van der Waals surface area contributed by atoms with E-state index in [2.05, 4.69) is 29.0 Å². The third-order valence-electron chi connectivity index (χ3n) is 3.60. The molecule has 0 saturated heterocycles. The molecule has 0 fully saturated rings. The summed E-state index contributed by atoms with van der Waals surface area (Å²) in [5.41, 5.74) is 0.814. The van der Waals surface area contributed by atoms with Crippen LogP contribution in [0, 0.1) is 17.0 Å². The number of nitro groups is 1.